The lowest BCUT2D eigenvalue weighted by Crippen LogP contribution is -2.78. The van der Waals surface area contributed by atoms with Crippen LogP contribution in [0.15, 0.2) is 35.1 Å². The molecule has 2 saturated carbocycles. The molecule has 3 heterocycles. The third-order valence-electron chi connectivity index (χ3n) is 10.9. The van der Waals surface area contributed by atoms with E-state index in [1.807, 2.05) is 37.2 Å². The van der Waals surface area contributed by atoms with Crippen LogP contribution in [0, 0.1) is 11.3 Å². The molecule has 3 aliphatic carbocycles. The van der Waals surface area contributed by atoms with Crippen LogP contribution in [0.3, 0.4) is 0 Å². The summed E-state index contributed by atoms with van der Waals surface area (Å²) in [5.41, 5.74) is -3.26. The molecule has 9 unspecified atom stereocenters. The van der Waals surface area contributed by atoms with Crippen molar-refractivity contribution >= 4 is 16.7 Å². The van der Waals surface area contributed by atoms with Crippen LogP contribution >= 0.6 is 0 Å². The van der Waals surface area contributed by atoms with Gasteiger partial charge in [0.05, 0.1) is 6.10 Å². The lowest BCUT2D eigenvalue weighted by molar-refractivity contribution is -0.347. The van der Waals surface area contributed by atoms with Gasteiger partial charge in [-0.15, -0.1) is 0 Å². The molecule has 2 N–H and O–H groups in total. The highest BCUT2D eigenvalue weighted by Gasteiger charge is 2.82. The minimum absolute atomic E-state index is 0.141. The summed E-state index contributed by atoms with van der Waals surface area (Å²) >= 11 is 0. The Labute approximate surface area is 209 Å². The van der Waals surface area contributed by atoms with Crippen LogP contribution in [-0.4, -0.2) is 75.0 Å². The number of allylic oxidation sites excluding steroid dienone is 2. The second-order valence-corrected chi connectivity index (χ2v) is 12.5. The normalized spacial score (nSPS) is 49.6. The largest absolute Gasteiger partial charge is 0.443 e. The van der Waals surface area contributed by atoms with Crippen LogP contribution in [0.2, 0.25) is 0 Å². The minimum atomic E-state index is -2.33. The van der Waals surface area contributed by atoms with Gasteiger partial charge in [0, 0.05) is 18.4 Å². The fourth-order valence-corrected chi connectivity index (χ4v) is 9.00. The molecule has 0 amide bonds. The summed E-state index contributed by atoms with van der Waals surface area (Å²) in [6, 6.07) is 5.52. The number of ether oxygens (including phenoxy) is 1. The molecule has 194 valence electrons. The number of likely N-dealkylation sites (N-methyl/N-ethyl adjacent to an activating group) is 1. The second-order valence-electron chi connectivity index (χ2n) is 12.5. The smallest absolute Gasteiger partial charge is 0.181 e. The van der Waals surface area contributed by atoms with E-state index in [-0.39, 0.29) is 24.2 Å². The van der Waals surface area contributed by atoms with Gasteiger partial charge in [-0.25, -0.2) is 13.8 Å². The fourth-order valence-electron chi connectivity index (χ4n) is 9.00. The van der Waals surface area contributed by atoms with Gasteiger partial charge in [-0.2, -0.15) is 0 Å². The standard InChI is InChI=1S/C28H34F2N2O4/c1-24-8-9-25(29)14-27(30)23(34)22(33)19(32(2)3)13-26(27)10-11-28(25,36-26)21(24)7-5-17(24)16-4-6-20-18(12-16)31-15-35-20/h4-6,12,15,19,21-23,33-34H,7-11,13-14H2,1-3H3. The number of hydrogen-bond acceptors (Lipinski definition) is 6. The number of oxazole rings is 1. The molecule has 2 bridgehead atoms. The Morgan fingerprint density at radius 2 is 1.92 bits per heavy atom. The van der Waals surface area contributed by atoms with Gasteiger partial charge in [0.2, 0.25) is 0 Å². The van der Waals surface area contributed by atoms with Crippen LogP contribution in [0.4, 0.5) is 8.78 Å². The molecule has 1 aromatic heterocycles. The summed E-state index contributed by atoms with van der Waals surface area (Å²) in [5, 5.41) is 21.8. The van der Waals surface area contributed by atoms with Crippen molar-refractivity contribution < 1.29 is 28.1 Å². The van der Waals surface area contributed by atoms with Gasteiger partial charge in [0.15, 0.2) is 17.6 Å². The van der Waals surface area contributed by atoms with E-state index in [0.717, 1.165) is 16.7 Å². The van der Waals surface area contributed by atoms with Crippen molar-refractivity contribution in [3.8, 4) is 0 Å². The quantitative estimate of drug-likeness (QED) is 0.644. The molecule has 0 radical (unpaired) electrons. The van der Waals surface area contributed by atoms with E-state index >= 15 is 8.78 Å². The molecule has 4 fully saturated rings. The van der Waals surface area contributed by atoms with Gasteiger partial charge in [-0.05, 0) is 81.3 Å². The Bertz CT molecular complexity index is 1280. The number of halogens is 2. The van der Waals surface area contributed by atoms with E-state index < -0.39 is 47.2 Å². The van der Waals surface area contributed by atoms with E-state index in [1.54, 1.807) is 0 Å². The van der Waals surface area contributed by atoms with Gasteiger partial charge < -0.3 is 24.3 Å². The topological polar surface area (TPSA) is 79.0 Å². The average Bonchev–Trinajstić information content (AvgIpc) is 3.54. The Morgan fingerprint density at radius 3 is 2.69 bits per heavy atom. The van der Waals surface area contributed by atoms with E-state index in [9.17, 15) is 10.2 Å². The van der Waals surface area contributed by atoms with Crippen LogP contribution in [0.25, 0.3) is 16.7 Å². The monoisotopic (exact) mass is 500 g/mol. The van der Waals surface area contributed by atoms with Crippen molar-refractivity contribution in [2.45, 2.75) is 92.7 Å². The van der Waals surface area contributed by atoms with Crippen LogP contribution in [0.1, 0.15) is 57.4 Å². The third kappa shape index (κ3) is 2.52. The Morgan fingerprint density at radius 1 is 1.11 bits per heavy atom. The van der Waals surface area contributed by atoms with Crippen molar-refractivity contribution in [3.63, 3.8) is 0 Å². The lowest BCUT2D eigenvalue weighted by Gasteiger charge is -2.65. The zero-order valence-corrected chi connectivity index (χ0v) is 21.0. The predicted octanol–water partition coefficient (Wildman–Crippen LogP) is 4.20. The van der Waals surface area contributed by atoms with E-state index in [0.29, 0.717) is 25.7 Å². The lowest BCUT2D eigenvalue weighted by atomic mass is 9.51. The third-order valence-corrected chi connectivity index (χ3v) is 10.9. The Kier molecular flexibility index (Phi) is 4.49. The first-order valence-electron chi connectivity index (χ1n) is 13.1. The molecule has 2 aliphatic heterocycles. The highest BCUT2D eigenvalue weighted by Crippen LogP contribution is 2.74. The number of benzene rings is 1. The molecule has 36 heavy (non-hydrogen) atoms. The first kappa shape index (κ1) is 23.3. The maximum atomic E-state index is 17.2. The van der Waals surface area contributed by atoms with Gasteiger partial charge in [0.25, 0.3) is 0 Å². The molecule has 7 rings (SSSR count). The van der Waals surface area contributed by atoms with Crippen LogP contribution in [-0.2, 0) is 4.74 Å². The summed E-state index contributed by atoms with van der Waals surface area (Å²) in [5.74, 6) is -0.141. The molecule has 5 aliphatic rings. The first-order chi connectivity index (χ1) is 17.0. The summed E-state index contributed by atoms with van der Waals surface area (Å²) < 4.78 is 46.2. The highest BCUT2D eigenvalue weighted by molar-refractivity contribution is 5.82. The Hall–Kier alpha value is -1.87. The second kappa shape index (κ2) is 6.95. The summed E-state index contributed by atoms with van der Waals surface area (Å²) in [7, 11) is 3.62. The van der Waals surface area contributed by atoms with Crippen molar-refractivity contribution in [1.29, 1.82) is 0 Å². The van der Waals surface area contributed by atoms with Gasteiger partial charge in [0.1, 0.15) is 28.5 Å². The number of aromatic nitrogens is 1. The number of alkyl halides is 2. The Balaban J connectivity index is 1.30. The molecule has 8 heteroatoms. The number of aliphatic hydroxyl groups excluding tert-OH is 2. The van der Waals surface area contributed by atoms with Crippen molar-refractivity contribution in [2.24, 2.45) is 11.3 Å². The summed E-state index contributed by atoms with van der Waals surface area (Å²) in [4.78, 5) is 6.12. The number of fused-ring (bicyclic) bond motifs is 2. The van der Waals surface area contributed by atoms with Crippen molar-refractivity contribution in [3.05, 3.63) is 36.2 Å². The molecule has 6 nitrogen and oxygen atoms in total. The number of aliphatic hydroxyl groups is 2. The molecule has 2 saturated heterocycles. The highest BCUT2D eigenvalue weighted by atomic mass is 19.2. The molecular formula is C28H34F2N2O4. The number of rotatable bonds is 2. The summed E-state index contributed by atoms with van der Waals surface area (Å²) in [6.45, 7) is 2.20. The number of nitrogens with zero attached hydrogens (tertiary/aromatic N) is 2. The molecule has 1 aromatic carbocycles. The molecule has 2 spiro atoms. The molecular weight excluding hydrogens is 466 g/mol. The predicted molar refractivity (Wildman–Crippen MR) is 130 cm³/mol. The maximum Gasteiger partial charge on any atom is 0.181 e. The first-order valence-corrected chi connectivity index (χ1v) is 13.1. The van der Waals surface area contributed by atoms with E-state index in [1.165, 1.54) is 12.0 Å². The number of hydrogen-bond donors (Lipinski definition) is 2. The van der Waals surface area contributed by atoms with Crippen molar-refractivity contribution in [1.82, 2.24) is 9.88 Å². The van der Waals surface area contributed by atoms with Crippen molar-refractivity contribution in [2.75, 3.05) is 14.1 Å². The van der Waals surface area contributed by atoms with Crippen LogP contribution in [0.5, 0.6) is 0 Å². The van der Waals surface area contributed by atoms with Gasteiger partial charge >= 0.3 is 0 Å². The fraction of sp³-hybridized carbons (Fsp3) is 0.679. The SMILES string of the molecule is CN(C)C1CC23CCC4(O2)C2CC=C(c5ccc6ocnc6c5)C2(C)CCC4(F)CC3(F)C(O)C1O. The van der Waals surface area contributed by atoms with Gasteiger partial charge in [-0.3, -0.25) is 0 Å². The van der Waals surface area contributed by atoms with Gasteiger partial charge in [-0.1, -0.05) is 19.1 Å². The summed E-state index contributed by atoms with van der Waals surface area (Å²) in [6.07, 6.45) is 2.61. The zero-order chi connectivity index (χ0) is 25.3. The van der Waals surface area contributed by atoms with E-state index in [4.69, 9.17) is 9.15 Å². The minimum Gasteiger partial charge on any atom is -0.443 e. The zero-order valence-electron chi connectivity index (χ0n) is 21.0. The van der Waals surface area contributed by atoms with E-state index in [2.05, 4.69) is 18.0 Å². The average molecular weight is 501 g/mol. The molecule has 2 aromatic rings. The maximum absolute atomic E-state index is 17.2. The van der Waals surface area contributed by atoms with Crippen LogP contribution < -0.4 is 0 Å². The molecule has 9 atom stereocenters.